The molecule has 1 aromatic heterocycles. The molecule has 1 saturated heterocycles. The van der Waals surface area contributed by atoms with Crippen LogP contribution in [0, 0.1) is 4.84 Å². The van der Waals surface area contributed by atoms with Gasteiger partial charge in [-0.25, -0.2) is 4.79 Å². The van der Waals surface area contributed by atoms with E-state index in [1.807, 2.05) is 6.07 Å². The molecule has 9 heteroatoms. The summed E-state index contributed by atoms with van der Waals surface area (Å²) in [5.74, 6) is 0.00268. The molecule has 1 aliphatic heterocycles. The molecule has 1 aromatic carbocycles. The molecule has 7 nitrogen and oxygen atoms in total. The Labute approximate surface area is 148 Å². The predicted molar refractivity (Wildman–Crippen MR) is 88.0 cm³/mol. The van der Waals surface area contributed by atoms with E-state index in [9.17, 15) is 9.90 Å². The van der Waals surface area contributed by atoms with Crippen LogP contribution < -0.4 is 4.90 Å². The SMILES string of the molecule is COC(=O)[C@@H]1C[C@H](O)C[NH+]1Cn1nc(-c2cccc(Cl)c2)oc1=S. The number of rotatable bonds is 4. The molecule has 128 valence electrons. The van der Waals surface area contributed by atoms with Crippen molar-refractivity contribution in [3.05, 3.63) is 34.1 Å². The minimum absolute atomic E-state index is 0.197. The molecule has 1 aliphatic rings. The summed E-state index contributed by atoms with van der Waals surface area (Å²) in [6.45, 7) is 0.723. The zero-order chi connectivity index (χ0) is 17.3. The van der Waals surface area contributed by atoms with Gasteiger partial charge in [-0.1, -0.05) is 17.7 Å². The number of aliphatic hydroxyl groups excluding tert-OH is 1. The third-order valence-electron chi connectivity index (χ3n) is 4.01. The maximum absolute atomic E-state index is 11.9. The number of carbonyl (C=O) groups is 1. The molecule has 0 saturated carbocycles. The topological polar surface area (TPSA) is 81.9 Å². The minimum atomic E-state index is -0.558. The first kappa shape index (κ1) is 17.1. The molecular formula is C15H17ClN3O4S+. The Balaban J connectivity index is 1.83. The normalized spacial score (nSPS) is 23.4. The molecule has 0 bridgehead atoms. The van der Waals surface area contributed by atoms with Crippen molar-refractivity contribution in [2.75, 3.05) is 13.7 Å². The molecule has 2 heterocycles. The second-order valence-electron chi connectivity index (χ2n) is 5.67. The van der Waals surface area contributed by atoms with E-state index in [1.54, 1.807) is 18.2 Å². The molecular weight excluding hydrogens is 354 g/mol. The van der Waals surface area contributed by atoms with Crippen LogP contribution >= 0.6 is 23.8 Å². The number of likely N-dealkylation sites (tertiary alicyclic amines) is 1. The average Bonchev–Trinajstić information content (AvgIpc) is 3.10. The Kier molecular flexibility index (Phi) is 5.00. The Hall–Kier alpha value is -1.74. The predicted octanol–water partition coefficient (Wildman–Crippen LogP) is 0.675. The number of aliphatic hydroxyl groups is 1. The molecule has 2 N–H and O–H groups in total. The van der Waals surface area contributed by atoms with Gasteiger partial charge in [-0.15, -0.1) is 5.10 Å². The standard InChI is InChI=1S/C15H16ClN3O4S/c1-22-14(21)12-6-11(20)7-18(12)8-19-15(24)23-13(17-19)9-3-2-4-10(16)5-9/h2-5,11-12,20H,6-8H2,1H3/p+1/t11-,12-/m0/s1. The van der Waals surface area contributed by atoms with E-state index in [0.717, 1.165) is 4.90 Å². The molecule has 0 radical (unpaired) electrons. The van der Waals surface area contributed by atoms with E-state index in [0.29, 0.717) is 36.1 Å². The zero-order valence-corrected chi connectivity index (χ0v) is 14.5. The smallest absolute Gasteiger partial charge is 0.364 e. The van der Waals surface area contributed by atoms with Crippen LogP contribution in [-0.2, 0) is 16.2 Å². The largest absolute Gasteiger partial charge is 0.465 e. The number of aromatic nitrogens is 2. The van der Waals surface area contributed by atoms with Crippen LogP contribution in [0.1, 0.15) is 6.42 Å². The fourth-order valence-electron chi connectivity index (χ4n) is 2.88. The molecule has 0 amide bonds. The highest BCUT2D eigenvalue weighted by molar-refractivity contribution is 7.71. The number of nitrogens with zero attached hydrogens (tertiary/aromatic N) is 2. The molecule has 3 atom stereocenters. The van der Waals surface area contributed by atoms with Gasteiger partial charge in [0.15, 0.2) is 12.7 Å². The molecule has 24 heavy (non-hydrogen) atoms. The van der Waals surface area contributed by atoms with Gasteiger partial charge in [0.2, 0.25) is 5.89 Å². The van der Waals surface area contributed by atoms with Crippen molar-refractivity contribution in [3.8, 4) is 11.5 Å². The summed E-state index contributed by atoms with van der Waals surface area (Å²) in [7, 11) is 1.34. The summed E-state index contributed by atoms with van der Waals surface area (Å²) in [5, 5.41) is 14.8. The lowest BCUT2D eigenvalue weighted by molar-refractivity contribution is -0.928. The monoisotopic (exact) mass is 370 g/mol. The van der Waals surface area contributed by atoms with Gasteiger partial charge < -0.3 is 19.2 Å². The molecule has 1 unspecified atom stereocenters. The fraction of sp³-hybridized carbons (Fsp3) is 0.400. The lowest BCUT2D eigenvalue weighted by atomic mass is 10.2. The highest BCUT2D eigenvalue weighted by Crippen LogP contribution is 2.21. The number of ether oxygens (including phenoxy) is 1. The van der Waals surface area contributed by atoms with Crippen molar-refractivity contribution in [1.82, 2.24) is 9.78 Å². The molecule has 2 aromatic rings. The lowest BCUT2D eigenvalue weighted by Gasteiger charge is -2.18. The summed E-state index contributed by atoms with van der Waals surface area (Å²) < 4.78 is 11.8. The minimum Gasteiger partial charge on any atom is -0.465 e. The Morgan fingerprint density at radius 2 is 2.42 bits per heavy atom. The van der Waals surface area contributed by atoms with Crippen LogP contribution in [0.4, 0.5) is 0 Å². The van der Waals surface area contributed by atoms with Gasteiger partial charge in [0.05, 0.1) is 7.11 Å². The van der Waals surface area contributed by atoms with Crippen LogP contribution in [0.15, 0.2) is 28.7 Å². The van der Waals surface area contributed by atoms with Crippen LogP contribution in [0.5, 0.6) is 0 Å². The number of carbonyl (C=O) groups excluding carboxylic acids is 1. The van der Waals surface area contributed by atoms with E-state index >= 15 is 0 Å². The van der Waals surface area contributed by atoms with Crippen molar-refractivity contribution in [2.24, 2.45) is 0 Å². The van der Waals surface area contributed by atoms with Crippen molar-refractivity contribution < 1.29 is 24.0 Å². The zero-order valence-electron chi connectivity index (χ0n) is 12.9. The Morgan fingerprint density at radius 1 is 1.62 bits per heavy atom. The number of hydrogen-bond acceptors (Lipinski definition) is 6. The third-order valence-corrected chi connectivity index (χ3v) is 4.54. The first-order chi connectivity index (χ1) is 11.5. The van der Waals surface area contributed by atoms with E-state index in [-0.39, 0.29) is 10.8 Å². The number of quaternary nitrogens is 1. The van der Waals surface area contributed by atoms with E-state index in [4.69, 9.17) is 33.0 Å². The maximum atomic E-state index is 11.9. The summed E-state index contributed by atoms with van der Waals surface area (Å²) in [6, 6.07) is 6.66. The number of halogens is 1. The number of methoxy groups -OCH3 is 1. The third kappa shape index (κ3) is 3.51. The van der Waals surface area contributed by atoms with E-state index < -0.39 is 12.1 Å². The van der Waals surface area contributed by atoms with Gasteiger partial charge in [-0.2, -0.15) is 4.68 Å². The Morgan fingerprint density at radius 3 is 3.12 bits per heavy atom. The number of esters is 1. The van der Waals surface area contributed by atoms with Crippen molar-refractivity contribution >= 4 is 29.8 Å². The number of benzene rings is 1. The molecule has 0 aliphatic carbocycles. The van der Waals surface area contributed by atoms with Crippen LogP contribution in [0.25, 0.3) is 11.5 Å². The van der Waals surface area contributed by atoms with Gasteiger partial charge in [-0.3, -0.25) is 0 Å². The average molecular weight is 371 g/mol. The van der Waals surface area contributed by atoms with E-state index in [2.05, 4.69) is 5.10 Å². The van der Waals surface area contributed by atoms with Gasteiger partial charge in [0, 0.05) is 17.0 Å². The highest BCUT2D eigenvalue weighted by Gasteiger charge is 2.41. The number of nitrogens with one attached hydrogen (secondary N) is 1. The maximum Gasteiger partial charge on any atom is 0.364 e. The van der Waals surface area contributed by atoms with Crippen LogP contribution in [0.3, 0.4) is 0 Å². The van der Waals surface area contributed by atoms with Gasteiger partial charge in [0.1, 0.15) is 12.6 Å². The van der Waals surface area contributed by atoms with Crippen molar-refractivity contribution in [1.29, 1.82) is 0 Å². The van der Waals surface area contributed by atoms with Gasteiger partial charge >= 0.3 is 5.97 Å². The molecule has 0 spiro atoms. The second-order valence-corrected chi connectivity index (χ2v) is 6.45. The van der Waals surface area contributed by atoms with Crippen LogP contribution in [0.2, 0.25) is 5.02 Å². The summed E-state index contributed by atoms with van der Waals surface area (Å²) >= 11 is 11.2. The first-order valence-electron chi connectivity index (χ1n) is 7.42. The fourth-order valence-corrected chi connectivity index (χ4v) is 3.26. The number of hydrogen-bond donors (Lipinski definition) is 2. The highest BCUT2D eigenvalue weighted by atomic mass is 35.5. The summed E-state index contributed by atoms with van der Waals surface area (Å²) in [5.41, 5.74) is 0.716. The second kappa shape index (κ2) is 7.02. The first-order valence-corrected chi connectivity index (χ1v) is 8.21. The van der Waals surface area contributed by atoms with Gasteiger partial charge in [-0.05, 0) is 30.4 Å². The van der Waals surface area contributed by atoms with Gasteiger partial charge in [0.25, 0.3) is 4.84 Å². The Bertz CT molecular complexity index is 806. The van der Waals surface area contributed by atoms with Crippen molar-refractivity contribution in [3.63, 3.8) is 0 Å². The van der Waals surface area contributed by atoms with E-state index in [1.165, 1.54) is 11.8 Å². The summed E-state index contributed by atoms with van der Waals surface area (Å²) in [4.78, 5) is 12.9. The molecule has 3 rings (SSSR count). The van der Waals surface area contributed by atoms with Crippen LogP contribution in [-0.4, -0.2) is 46.7 Å². The summed E-state index contributed by atoms with van der Waals surface area (Å²) in [6.07, 6.45) is -0.202. The lowest BCUT2D eigenvalue weighted by Crippen LogP contribution is -3.14. The molecule has 1 fully saturated rings. The quantitative estimate of drug-likeness (QED) is 0.608. The van der Waals surface area contributed by atoms with Crippen molar-refractivity contribution in [2.45, 2.75) is 25.2 Å².